The van der Waals surface area contributed by atoms with E-state index in [0.29, 0.717) is 13.2 Å². The van der Waals surface area contributed by atoms with Gasteiger partial charge in [-0.15, -0.1) is 24.0 Å². The molecule has 1 heterocycles. The topological polar surface area (TPSA) is 58.5 Å². The Hall–Kier alpha value is -1.67. The molecule has 0 bridgehead atoms. The number of methoxy groups -OCH3 is 1. The number of benzene rings is 1. The minimum atomic E-state index is 0. The molecule has 25 heavy (non-hydrogen) atoms. The number of ether oxygens (including phenoxy) is 1. The molecule has 0 unspecified atom stereocenters. The maximum atomic E-state index is 5.13. The van der Waals surface area contributed by atoms with Crippen LogP contribution in [0.15, 0.2) is 53.7 Å². The lowest BCUT2D eigenvalue weighted by Gasteiger charge is -2.11. The van der Waals surface area contributed by atoms with E-state index in [9.17, 15) is 0 Å². The van der Waals surface area contributed by atoms with Crippen LogP contribution >= 0.6 is 24.0 Å². The Balaban J connectivity index is 0.00000312. The van der Waals surface area contributed by atoms with Gasteiger partial charge < -0.3 is 15.4 Å². The van der Waals surface area contributed by atoms with Crippen LogP contribution in [0.3, 0.4) is 0 Å². The van der Waals surface area contributed by atoms with Crippen molar-refractivity contribution < 1.29 is 4.74 Å². The smallest absolute Gasteiger partial charge is 0.191 e. The van der Waals surface area contributed by atoms with Crippen molar-refractivity contribution in [2.24, 2.45) is 4.99 Å². The maximum Gasteiger partial charge on any atom is 0.191 e. The molecule has 0 aliphatic heterocycles. The fourth-order valence-corrected chi connectivity index (χ4v) is 2.27. The van der Waals surface area contributed by atoms with Crippen molar-refractivity contribution in [3.8, 4) is 0 Å². The fourth-order valence-electron chi connectivity index (χ4n) is 2.27. The molecule has 0 spiro atoms. The average Bonchev–Trinajstić information content (AvgIpc) is 2.62. The number of hydrogen-bond acceptors (Lipinski definition) is 3. The van der Waals surface area contributed by atoms with Gasteiger partial charge in [-0.3, -0.25) is 4.98 Å². The molecule has 1 aromatic heterocycles. The Morgan fingerprint density at radius 3 is 2.48 bits per heavy atom. The van der Waals surface area contributed by atoms with Crippen LogP contribution in [-0.4, -0.2) is 31.1 Å². The maximum absolute atomic E-state index is 5.13. The van der Waals surface area contributed by atoms with Gasteiger partial charge in [0.1, 0.15) is 0 Å². The zero-order valence-corrected chi connectivity index (χ0v) is 17.2. The quantitative estimate of drug-likeness (QED) is 0.366. The summed E-state index contributed by atoms with van der Waals surface area (Å²) in [5.74, 6) is 0.828. The lowest BCUT2D eigenvalue weighted by atomic mass is 10.1. The number of aliphatic imine (C=N–C) groups is 1. The van der Waals surface area contributed by atoms with Gasteiger partial charge in [-0.2, -0.15) is 0 Å². The average molecular weight is 454 g/mol. The molecule has 0 atom stereocenters. The van der Waals surface area contributed by atoms with Gasteiger partial charge in [-0.05, 0) is 30.2 Å². The molecule has 2 aromatic rings. The molecule has 1 aromatic carbocycles. The van der Waals surface area contributed by atoms with Gasteiger partial charge in [0.25, 0.3) is 0 Å². The molecule has 0 aliphatic carbocycles. The Kier molecular flexibility index (Phi) is 10.8. The van der Waals surface area contributed by atoms with Gasteiger partial charge in [0.05, 0.1) is 13.2 Å². The first-order valence-electron chi connectivity index (χ1n) is 8.30. The first-order chi connectivity index (χ1) is 11.8. The van der Waals surface area contributed by atoms with Crippen LogP contribution in [-0.2, 0) is 24.3 Å². The number of hydrogen-bond donors (Lipinski definition) is 2. The Labute approximate surface area is 167 Å². The normalized spacial score (nSPS) is 10.9. The summed E-state index contributed by atoms with van der Waals surface area (Å²) in [6, 6.07) is 14.3. The number of aromatic nitrogens is 1. The van der Waals surface area contributed by atoms with E-state index >= 15 is 0 Å². The molecule has 0 saturated heterocycles. The summed E-state index contributed by atoms with van der Waals surface area (Å²) in [5, 5.41) is 6.62. The minimum Gasteiger partial charge on any atom is -0.380 e. The monoisotopic (exact) mass is 454 g/mol. The van der Waals surface area contributed by atoms with E-state index in [0.717, 1.165) is 31.2 Å². The van der Waals surface area contributed by atoms with Crippen molar-refractivity contribution >= 4 is 29.9 Å². The summed E-state index contributed by atoms with van der Waals surface area (Å²) in [6.07, 6.45) is 2.69. The lowest BCUT2D eigenvalue weighted by Crippen LogP contribution is -2.38. The first-order valence-corrected chi connectivity index (χ1v) is 8.30. The Bertz CT molecular complexity index is 617. The lowest BCUT2D eigenvalue weighted by molar-refractivity contribution is 0.185. The summed E-state index contributed by atoms with van der Waals surface area (Å²) in [7, 11) is 1.71. The van der Waals surface area contributed by atoms with Crippen molar-refractivity contribution in [1.82, 2.24) is 15.6 Å². The van der Waals surface area contributed by atoms with Crippen molar-refractivity contribution in [3.63, 3.8) is 0 Å². The highest BCUT2D eigenvalue weighted by atomic mass is 127. The first kappa shape index (κ1) is 21.4. The molecule has 0 fully saturated rings. The zero-order valence-electron chi connectivity index (χ0n) is 14.9. The van der Waals surface area contributed by atoms with E-state index in [1.54, 1.807) is 7.11 Å². The third kappa shape index (κ3) is 8.31. The molecule has 0 amide bonds. The molecular formula is C19H27IN4O. The van der Waals surface area contributed by atoms with E-state index in [1.807, 2.05) is 24.4 Å². The van der Waals surface area contributed by atoms with Crippen LogP contribution in [0.2, 0.25) is 0 Å². The summed E-state index contributed by atoms with van der Waals surface area (Å²) >= 11 is 0. The van der Waals surface area contributed by atoms with Crippen molar-refractivity contribution in [2.45, 2.75) is 26.5 Å². The van der Waals surface area contributed by atoms with E-state index in [2.05, 4.69) is 51.8 Å². The van der Waals surface area contributed by atoms with Crippen LogP contribution in [0.25, 0.3) is 0 Å². The van der Waals surface area contributed by atoms with E-state index in [4.69, 9.17) is 4.74 Å². The number of guanidine groups is 1. The van der Waals surface area contributed by atoms with Crippen LogP contribution in [0.5, 0.6) is 0 Å². The van der Waals surface area contributed by atoms with Gasteiger partial charge in [-0.1, -0.05) is 30.3 Å². The van der Waals surface area contributed by atoms with Crippen molar-refractivity contribution in [3.05, 3.63) is 65.5 Å². The SMILES string of the molecule is CCNC(=NCc1ccc(COC)cc1)NCCc1ccccn1.I. The Morgan fingerprint density at radius 2 is 1.84 bits per heavy atom. The summed E-state index contributed by atoms with van der Waals surface area (Å²) in [4.78, 5) is 8.96. The molecule has 0 saturated carbocycles. The van der Waals surface area contributed by atoms with E-state index in [1.165, 1.54) is 11.1 Å². The van der Waals surface area contributed by atoms with Crippen LogP contribution in [0.4, 0.5) is 0 Å². The highest BCUT2D eigenvalue weighted by Crippen LogP contribution is 2.06. The van der Waals surface area contributed by atoms with Gasteiger partial charge >= 0.3 is 0 Å². The number of nitrogens with one attached hydrogen (secondary N) is 2. The molecule has 0 radical (unpaired) electrons. The largest absolute Gasteiger partial charge is 0.380 e. The summed E-state index contributed by atoms with van der Waals surface area (Å²) in [6.45, 7) is 4.99. The third-order valence-corrected chi connectivity index (χ3v) is 3.50. The number of pyridine rings is 1. The van der Waals surface area contributed by atoms with Gasteiger partial charge in [0, 0.05) is 38.5 Å². The molecular weight excluding hydrogens is 427 g/mol. The molecule has 2 rings (SSSR count). The van der Waals surface area contributed by atoms with Crippen LogP contribution in [0, 0.1) is 0 Å². The van der Waals surface area contributed by atoms with E-state index < -0.39 is 0 Å². The predicted octanol–water partition coefficient (Wildman–Crippen LogP) is 3.14. The van der Waals surface area contributed by atoms with Gasteiger partial charge in [-0.25, -0.2) is 4.99 Å². The van der Waals surface area contributed by atoms with Gasteiger partial charge in [0.15, 0.2) is 5.96 Å². The summed E-state index contributed by atoms with van der Waals surface area (Å²) in [5.41, 5.74) is 3.43. The molecule has 2 N–H and O–H groups in total. The molecule has 6 heteroatoms. The standard InChI is InChI=1S/C19H26N4O.HI/c1-3-20-19(22-13-11-18-6-4-5-12-21-18)23-14-16-7-9-17(10-8-16)15-24-2;/h4-10,12H,3,11,13-15H2,1-2H3,(H2,20,22,23);1H. The minimum absolute atomic E-state index is 0. The van der Waals surface area contributed by atoms with E-state index in [-0.39, 0.29) is 24.0 Å². The predicted molar refractivity (Wildman–Crippen MR) is 113 cm³/mol. The summed E-state index contributed by atoms with van der Waals surface area (Å²) < 4.78 is 5.13. The fraction of sp³-hybridized carbons (Fsp3) is 0.368. The number of rotatable bonds is 8. The second-order valence-corrected chi connectivity index (χ2v) is 5.44. The Morgan fingerprint density at radius 1 is 1.08 bits per heavy atom. The van der Waals surface area contributed by atoms with Crippen molar-refractivity contribution in [2.75, 3.05) is 20.2 Å². The van der Waals surface area contributed by atoms with Crippen LogP contribution in [0.1, 0.15) is 23.7 Å². The zero-order chi connectivity index (χ0) is 17.0. The molecule has 136 valence electrons. The second kappa shape index (κ2) is 12.7. The highest BCUT2D eigenvalue weighted by molar-refractivity contribution is 14.0. The van der Waals surface area contributed by atoms with Crippen molar-refractivity contribution in [1.29, 1.82) is 0 Å². The number of nitrogens with zero attached hydrogens (tertiary/aromatic N) is 2. The molecule has 5 nitrogen and oxygen atoms in total. The second-order valence-electron chi connectivity index (χ2n) is 5.44. The highest BCUT2D eigenvalue weighted by Gasteiger charge is 1.99. The van der Waals surface area contributed by atoms with Gasteiger partial charge in [0.2, 0.25) is 0 Å². The number of halogens is 1. The third-order valence-electron chi connectivity index (χ3n) is 3.50. The molecule has 0 aliphatic rings. The van der Waals surface area contributed by atoms with Crippen LogP contribution < -0.4 is 10.6 Å².